The van der Waals surface area contributed by atoms with Crippen LogP contribution >= 0.6 is 0 Å². The molecule has 5 heteroatoms. The minimum atomic E-state index is -0.00301. The van der Waals surface area contributed by atoms with Crippen LogP contribution in [0.1, 0.15) is 35.8 Å². The van der Waals surface area contributed by atoms with E-state index in [0.717, 1.165) is 24.4 Å². The molecule has 0 saturated carbocycles. The first-order chi connectivity index (χ1) is 8.16. The zero-order chi connectivity index (χ0) is 12.0. The van der Waals surface area contributed by atoms with Gasteiger partial charge in [0.2, 0.25) is 0 Å². The van der Waals surface area contributed by atoms with Gasteiger partial charge in [-0.1, -0.05) is 0 Å². The normalized spacial score (nSPS) is 20.2. The molecule has 5 nitrogen and oxygen atoms in total. The van der Waals surface area contributed by atoms with Gasteiger partial charge in [-0.05, 0) is 33.2 Å². The zero-order valence-corrected chi connectivity index (χ0v) is 10.1. The van der Waals surface area contributed by atoms with E-state index in [-0.39, 0.29) is 5.56 Å². The third kappa shape index (κ3) is 1.58. The third-order valence-corrected chi connectivity index (χ3v) is 3.54. The van der Waals surface area contributed by atoms with Crippen LogP contribution in [-0.4, -0.2) is 21.1 Å². The van der Waals surface area contributed by atoms with Crippen molar-refractivity contribution in [3.63, 3.8) is 0 Å². The molecule has 3 heterocycles. The molecule has 2 aromatic rings. The molecule has 0 spiro atoms. The van der Waals surface area contributed by atoms with Crippen molar-refractivity contribution in [1.82, 2.24) is 19.9 Å². The van der Waals surface area contributed by atoms with E-state index in [0.29, 0.717) is 17.3 Å². The van der Waals surface area contributed by atoms with Crippen molar-refractivity contribution < 1.29 is 0 Å². The monoisotopic (exact) mass is 232 g/mol. The largest absolute Gasteiger partial charge is 0.309 e. The number of hydrogen-bond donors (Lipinski definition) is 2. The van der Waals surface area contributed by atoms with Crippen LogP contribution in [-0.2, 0) is 0 Å². The molecule has 0 aliphatic carbocycles. The Kier molecular flexibility index (Phi) is 2.29. The summed E-state index contributed by atoms with van der Waals surface area (Å²) in [5.74, 6) is 0. The number of fused-ring (bicyclic) bond motifs is 1. The lowest BCUT2D eigenvalue weighted by Crippen LogP contribution is -2.20. The second-order valence-electron chi connectivity index (χ2n) is 4.68. The first-order valence-electron chi connectivity index (χ1n) is 5.99. The molecule has 3 rings (SSSR count). The standard InChI is InChI=1S/C12H16N4O/c1-7-8(2)14-11-6-10(9-4-3-5-13-9)15-16(11)12(7)17/h6,9,13,15H,3-5H2,1-2H3/t9-/m1/s1. The topological polar surface area (TPSA) is 62.2 Å². The van der Waals surface area contributed by atoms with Crippen LogP contribution in [0.15, 0.2) is 10.9 Å². The van der Waals surface area contributed by atoms with Crippen LogP contribution in [0.5, 0.6) is 0 Å². The maximum Gasteiger partial charge on any atom is 0.275 e. The zero-order valence-electron chi connectivity index (χ0n) is 10.1. The van der Waals surface area contributed by atoms with Crippen molar-refractivity contribution in [3.05, 3.63) is 33.4 Å². The van der Waals surface area contributed by atoms with Crippen molar-refractivity contribution in [3.8, 4) is 0 Å². The minimum Gasteiger partial charge on any atom is -0.309 e. The Morgan fingerprint density at radius 3 is 3.00 bits per heavy atom. The summed E-state index contributed by atoms with van der Waals surface area (Å²) in [4.78, 5) is 16.5. The van der Waals surface area contributed by atoms with Crippen molar-refractivity contribution >= 4 is 5.65 Å². The molecule has 0 radical (unpaired) electrons. The fourth-order valence-corrected chi connectivity index (χ4v) is 2.37. The number of rotatable bonds is 1. The van der Waals surface area contributed by atoms with Gasteiger partial charge in [0.05, 0.1) is 5.69 Å². The molecule has 2 N–H and O–H groups in total. The van der Waals surface area contributed by atoms with Crippen molar-refractivity contribution in [2.24, 2.45) is 0 Å². The molecule has 90 valence electrons. The van der Waals surface area contributed by atoms with E-state index in [1.165, 1.54) is 10.9 Å². The molecule has 17 heavy (non-hydrogen) atoms. The summed E-state index contributed by atoms with van der Waals surface area (Å²) < 4.78 is 1.54. The van der Waals surface area contributed by atoms with Crippen LogP contribution in [0.25, 0.3) is 5.65 Å². The maximum absolute atomic E-state index is 12.0. The molecule has 0 bridgehead atoms. The van der Waals surface area contributed by atoms with Crippen LogP contribution < -0.4 is 10.9 Å². The molecule has 1 aliphatic heterocycles. The SMILES string of the molecule is Cc1nc2cc([C@H]3CCCN3)[nH]n2c(=O)c1C. The highest BCUT2D eigenvalue weighted by molar-refractivity contribution is 5.42. The van der Waals surface area contributed by atoms with Gasteiger partial charge in [-0.15, -0.1) is 0 Å². The van der Waals surface area contributed by atoms with E-state index in [4.69, 9.17) is 0 Å². The van der Waals surface area contributed by atoms with E-state index in [2.05, 4.69) is 15.4 Å². The van der Waals surface area contributed by atoms with Gasteiger partial charge >= 0.3 is 0 Å². The summed E-state index contributed by atoms with van der Waals surface area (Å²) in [6, 6.07) is 2.30. The number of aryl methyl sites for hydroxylation is 1. The molecule has 0 amide bonds. The fourth-order valence-electron chi connectivity index (χ4n) is 2.37. The molecule has 0 unspecified atom stereocenters. The van der Waals surface area contributed by atoms with E-state index < -0.39 is 0 Å². The summed E-state index contributed by atoms with van der Waals surface area (Å²) >= 11 is 0. The highest BCUT2D eigenvalue weighted by Crippen LogP contribution is 2.22. The van der Waals surface area contributed by atoms with Gasteiger partial charge in [0.25, 0.3) is 5.56 Å². The van der Waals surface area contributed by atoms with Gasteiger partial charge in [-0.3, -0.25) is 9.89 Å². The van der Waals surface area contributed by atoms with Gasteiger partial charge in [-0.25, -0.2) is 9.50 Å². The summed E-state index contributed by atoms with van der Waals surface area (Å²) in [6.45, 7) is 4.73. The molecule has 1 aliphatic rings. The fraction of sp³-hybridized carbons (Fsp3) is 0.500. The Balaban J connectivity index is 2.18. The highest BCUT2D eigenvalue weighted by Gasteiger charge is 2.19. The average Bonchev–Trinajstić information content (AvgIpc) is 2.93. The molecule has 2 aromatic heterocycles. The summed E-state index contributed by atoms with van der Waals surface area (Å²) in [7, 11) is 0. The van der Waals surface area contributed by atoms with E-state index >= 15 is 0 Å². The van der Waals surface area contributed by atoms with Crippen molar-refractivity contribution in [2.45, 2.75) is 32.7 Å². The molecular weight excluding hydrogens is 216 g/mol. The summed E-state index contributed by atoms with van der Waals surface area (Å²) in [5, 5.41) is 6.56. The first kappa shape index (κ1) is 10.5. The Hall–Kier alpha value is -1.62. The Bertz CT molecular complexity index is 619. The summed E-state index contributed by atoms with van der Waals surface area (Å²) in [5.41, 5.74) is 3.27. The second-order valence-corrected chi connectivity index (χ2v) is 4.68. The van der Waals surface area contributed by atoms with Gasteiger partial charge in [0, 0.05) is 23.4 Å². The molecule has 1 fully saturated rings. The van der Waals surface area contributed by atoms with Gasteiger partial charge in [0.1, 0.15) is 0 Å². The minimum absolute atomic E-state index is 0.00301. The van der Waals surface area contributed by atoms with Gasteiger partial charge < -0.3 is 5.32 Å². The number of aromatic nitrogens is 3. The van der Waals surface area contributed by atoms with Gasteiger partial charge in [0.15, 0.2) is 5.65 Å². The Morgan fingerprint density at radius 1 is 1.47 bits per heavy atom. The predicted molar refractivity (Wildman–Crippen MR) is 65.3 cm³/mol. The number of aromatic amines is 1. The number of nitrogens with one attached hydrogen (secondary N) is 2. The second kappa shape index (κ2) is 3.70. The van der Waals surface area contributed by atoms with Crippen LogP contribution in [0.2, 0.25) is 0 Å². The molecule has 0 aromatic carbocycles. The van der Waals surface area contributed by atoms with Crippen LogP contribution in [0, 0.1) is 13.8 Å². The quantitative estimate of drug-likeness (QED) is 0.773. The lowest BCUT2D eigenvalue weighted by Gasteiger charge is -2.05. The van der Waals surface area contributed by atoms with Crippen LogP contribution in [0.4, 0.5) is 0 Å². The first-order valence-corrected chi connectivity index (χ1v) is 5.99. The Labute approximate surface area is 98.9 Å². The van der Waals surface area contributed by atoms with E-state index in [1.54, 1.807) is 0 Å². The van der Waals surface area contributed by atoms with Crippen molar-refractivity contribution in [1.29, 1.82) is 0 Å². The van der Waals surface area contributed by atoms with Crippen LogP contribution in [0.3, 0.4) is 0 Å². The number of hydrogen-bond acceptors (Lipinski definition) is 3. The average molecular weight is 232 g/mol. The smallest absolute Gasteiger partial charge is 0.275 e. The van der Waals surface area contributed by atoms with E-state index in [1.807, 2.05) is 19.9 Å². The van der Waals surface area contributed by atoms with Gasteiger partial charge in [-0.2, -0.15) is 0 Å². The number of H-pyrrole nitrogens is 1. The van der Waals surface area contributed by atoms with Crippen molar-refractivity contribution in [2.75, 3.05) is 6.54 Å². The Morgan fingerprint density at radius 2 is 2.29 bits per heavy atom. The predicted octanol–water partition coefficient (Wildman–Crippen LogP) is 1.06. The lowest BCUT2D eigenvalue weighted by molar-refractivity contribution is 0.618. The summed E-state index contributed by atoms with van der Waals surface area (Å²) in [6.07, 6.45) is 2.29. The molecular formula is C12H16N4O. The highest BCUT2D eigenvalue weighted by atomic mass is 16.1. The third-order valence-electron chi connectivity index (χ3n) is 3.54. The molecule has 1 atom stereocenters. The lowest BCUT2D eigenvalue weighted by atomic mass is 10.2. The molecule has 1 saturated heterocycles. The van der Waals surface area contributed by atoms with E-state index in [9.17, 15) is 4.79 Å². The maximum atomic E-state index is 12.0. The number of nitrogens with zero attached hydrogens (tertiary/aromatic N) is 2.